The smallest absolute Gasteiger partial charge is 0.316 e. The molecule has 0 aliphatic rings. The van der Waals surface area contributed by atoms with Gasteiger partial charge in [0, 0.05) is 0 Å². The number of nitrogens with zero attached hydrogens (tertiary/aromatic N) is 1. The Morgan fingerprint density at radius 2 is 1.23 bits per heavy atom. The summed E-state index contributed by atoms with van der Waals surface area (Å²) in [6.45, 7) is 2.12. The maximum absolute atomic E-state index is 13.1. The molecular weight excluding hydrogens is 452 g/mol. The van der Waals surface area contributed by atoms with E-state index >= 15 is 0 Å². The third-order valence-electron chi connectivity index (χ3n) is 5.61. The van der Waals surface area contributed by atoms with Crippen molar-refractivity contribution in [3.05, 3.63) is 59.7 Å². The fraction of sp³-hybridized carbons (Fsp3) is 0.385. The minimum absolute atomic E-state index is 0.0400. The van der Waals surface area contributed by atoms with E-state index in [1.54, 1.807) is 0 Å². The van der Waals surface area contributed by atoms with Crippen molar-refractivity contribution < 1.29 is 34.5 Å². The van der Waals surface area contributed by atoms with Gasteiger partial charge in [-0.15, -0.1) is 0 Å². The molecule has 0 aliphatic heterocycles. The Hall–Kier alpha value is -3.88. The van der Waals surface area contributed by atoms with E-state index in [2.05, 4.69) is 12.3 Å². The van der Waals surface area contributed by atoms with Crippen LogP contribution in [0.25, 0.3) is 0 Å². The summed E-state index contributed by atoms with van der Waals surface area (Å²) in [6.07, 6.45) is 6.64. The van der Waals surface area contributed by atoms with Gasteiger partial charge in [-0.2, -0.15) is 5.01 Å². The van der Waals surface area contributed by atoms with Gasteiger partial charge in [-0.3, -0.25) is 24.6 Å². The van der Waals surface area contributed by atoms with Gasteiger partial charge in [-0.05, 0) is 30.7 Å². The van der Waals surface area contributed by atoms with Crippen molar-refractivity contribution in [3.63, 3.8) is 0 Å². The summed E-state index contributed by atoms with van der Waals surface area (Å²) in [5.41, 5.74) is 1.55. The van der Waals surface area contributed by atoms with Crippen molar-refractivity contribution in [1.82, 2.24) is 10.4 Å². The Bertz CT molecular complexity index is 980. The highest BCUT2D eigenvalue weighted by atomic mass is 16.4. The zero-order valence-electron chi connectivity index (χ0n) is 19.8. The molecule has 0 bridgehead atoms. The predicted molar refractivity (Wildman–Crippen MR) is 129 cm³/mol. The summed E-state index contributed by atoms with van der Waals surface area (Å²) in [6, 6.07) is 10.8. The third-order valence-corrected chi connectivity index (χ3v) is 5.61. The van der Waals surface area contributed by atoms with E-state index in [1.165, 1.54) is 48.5 Å². The fourth-order valence-corrected chi connectivity index (χ4v) is 3.60. The number of hydrazine groups is 1. The van der Waals surface area contributed by atoms with Gasteiger partial charge < -0.3 is 15.3 Å². The number of aromatic hydroxyl groups is 2. The number of unbranched alkanes of at least 4 members (excludes halogenated alkanes) is 6. The van der Waals surface area contributed by atoms with Crippen molar-refractivity contribution in [1.29, 1.82) is 0 Å². The van der Waals surface area contributed by atoms with Crippen LogP contribution in [0.2, 0.25) is 0 Å². The summed E-state index contributed by atoms with van der Waals surface area (Å²) in [5.74, 6) is -6.93. The zero-order chi connectivity index (χ0) is 25.8. The predicted octanol–water partition coefficient (Wildman–Crippen LogP) is 4.25. The van der Waals surface area contributed by atoms with E-state index in [0.29, 0.717) is 11.4 Å². The standard InChI is InChI=1S/C26H32N2O7/c1-2-3-4-5-6-7-8-15-20(26(34)35)23(31)27-28(24(32)18-13-9-11-16-21(18)29)25(33)19-14-10-12-17-22(19)30/h9-14,16-17,20,29-30H,2-8,15H2,1H3,(H,27,31)(H,34,35). The number of carbonyl (C=O) groups excluding carboxylic acids is 3. The Labute approximate surface area is 204 Å². The Morgan fingerprint density at radius 3 is 1.69 bits per heavy atom. The van der Waals surface area contributed by atoms with Crippen molar-refractivity contribution in [2.75, 3.05) is 0 Å². The van der Waals surface area contributed by atoms with Gasteiger partial charge in [0.1, 0.15) is 17.4 Å². The second kappa shape index (κ2) is 13.7. The fourth-order valence-electron chi connectivity index (χ4n) is 3.60. The molecular formula is C26H32N2O7. The molecule has 0 saturated carbocycles. The van der Waals surface area contributed by atoms with E-state index < -0.39 is 41.1 Å². The molecule has 35 heavy (non-hydrogen) atoms. The van der Waals surface area contributed by atoms with Crippen LogP contribution < -0.4 is 5.43 Å². The molecule has 188 valence electrons. The van der Waals surface area contributed by atoms with Crippen LogP contribution in [0.4, 0.5) is 0 Å². The minimum Gasteiger partial charge on any atom is -0.507 e. The number of aliphatic carboxylic acids is 1. The van der Waals surface area contributed by atoms with Gasteiger partial charge in [-0.25, -0.2) is 0 Å². The molecule has 2 aromatic rings. The van der Waals surface area contributed by atoms with Crippen LogP contribution in [0.1, 0.15) is 79.0 Å². The number of hydrogen-bond acceptors (Lipinski definition) is 6. The lowest BCUT2D eigenvalue weighted by Crippen LogP contribution is -2.52. The summed E-state index contributed by atoms with van der Waals surface area (Å²) in [5, 5.41) is 30.1. The lowest BCUT2D eigenvalue weighted by atomic mass is 9.99. The summed E-state index contributed by atoms with van der Waals surface area (Å²) in [4.78, 5) is 50.9. The van der Waals surface area contributed by atoms with Crippen LogP contribution in [0.3, 0.4) is 0 Å². The van der Waals surface area contributed by atoms with Crippen LogP contribution in [-0.2, 0) is 9.59 Å². The molecule has 2 rings (SSSR count). The summed E-state index contributed by atoms with van der Waals surface area (Å²) in [7, 11) is 0. The number of phenolic OH excluding ortho intramolecular Hbond substituents is 2. The second-order valence-corrected chi connectivity index (χ2v) is 8.26. The Balaban J connectivity index is 2.20. The van der Waals surface area contributed by atoms with Gasteiger partial charge in [0.05, 0.1) is 11.1 Å². The van der Waals surface area contributed by atoms with Gasteiger partial charge in [-0.1, -0.05) is 76.1 Å². The molecule has 0 fully saturated rings. The number of benzene rings is 2. The topological polar surface area (TPSA) is 144 Å². The van der Waals surface area contributed by atoms with Crippen LogP contribution in [0.15, 0.2) is 48.5 Å². The normalized spacial score (nSPS) is 11.5. The Morgan fingerprint density at radius 1 is 0.771 bits per heavy atom. The molecule has 1 atom stereocenters. The summed E-state index contributed by atoms with van der Waals surface area (Å²) < 4.78 is 0. The van der Waals surface area contributed by atoms with Crippen molar-refractivity contribution in [2.24, 2.45) is 5.92 Å². The molecule has 0 saturated heterocycles. The summed E-state index contributed by atoms with van der Waals surface area (Å²) >= 11 is 0. The molecule has 9 heteroatoms. The van der Waals surface area contributed by atoms with Crippen LogP contribution in [0.5, 0.6) is 11.5 Å². The number of carbonyl (C=O) groups is 4. The average Bonchev–Trinajstić information content (AvgIpc) is 2.83. The highest BCUT2D eigenvalue weighted by Gasteiger charge is 2.33. The first-order valence-electron chi connectivity index (χ1n) is 11.8. The maximum atomic E-state index is 13.1. The van der Waals surface area contributed by atoms with E-state index in [4.69, 9.17) is 0 Å². The highest BCUT2D eigenvalue weighted by Crippen LogP contribution is 2.22. The minimum atomic E-state index is -1.48. The lowest BCUT2D eigenvalue weighted by molar-refractivity contribution is -0.148. The molecule has 3 amide bonds. The third kappa shape index (κ3) is 7.84. The number of para-hydroxylation sites is 2. The average molecular weight is 485 g/mol. The molecule has 9 nitrogen and oxygen atoms in total. The number of carboxylic acids is 1. The van der Waals surface area contributed by atoms with E-state index in [0.717, 1.165) is 38.5 Å². The van der Waals surface area contributed by atoms with Gasteiger partial charge in [0.15, 0.2) is 0 Å². The van der Waals surface area contributed by atoms with E-state index in [1.807, 2.05) is 0 Å². The zero-order valence-corrected chi connectivity index (χ0v) is 19.8. The second-order valence-electron chi connectivity index (χ2n) is 8.26. The quantitative estimate of drug-likeness (QED) is 0.152. The lowest BCUT2D eigenvalue weighted by Gasteiger charge is -2.24. The largest absolute Gasteiger partial charge is 0.507 e. The monoisotopic (exact) mass is 484 g/mol. The molecule has 0 spiro atoms. The van der Waals surface area contributed by atoms with Crippen LogP contribution in [0, 0.1) is 5.92 Å². The van der Waals surface area contributed by atoms with Crippen molar-refractivity contribution in [2.45, 2.75) is 58.3 Å². The molecule has 0 aromatic heterocycles. The molecule has 2 aromatic carbocycles. The van der Waals surface area contributed by atoms with Gasteiger partial charge in [0.2, 0.25) is 0 Å². The number of rotatable bonds is 12. The first-order chi connectivity index (χ1) is 16.8. The van der Waals surface area contributed by atoms with Crippen molar-refractivity contribution >= 4 is 23.7 Å². The van der Waals surface area contributed by atoms with Crippen LogP contribution >= 0.6 is 0 Å². The SMILES string of the molecule is CCCCCCCCCC(C(=O)O)C(=O)NN(C(=O)c1ccccc1O)C(=O)c1ccccc1O. The molecule has 0 aliphatic carbocycles. The first-order valence-corrected chi connectivity index (χ1v) is 11.8. The van der Waals surface area contributed by atoms with Crippen molar-refractivity contribution in [3.8, 4) is 11.5 Å². The number of amides is 3. The number of hydrogen-bond donors (Lipinski definition) is 4. The number of nitrogens with one attached hydrogen (secondary N) is 1. The number of imide groups is 1. The van der Waals surface area contributed by atoms with Gasteiger partial charge >= 0.3 is 5.97 Å². The molecule has 0 radical (unpaired) electrons. The highest BCUT2D eigenvalue weighted by molar-refractivity contribution is 6.13. The van der Waals surface area contributed by atoms with E-state index in [-0.39, 0.29) is 17.5 Å². The molecule has 4 N–H and O–H groups in total. The Kier molecular flexibility index (Phi) is 10.7. The number of phenols is 2. The first kappa shape index (κ1) is 27.4. The molecule has 1 unspecified atom stereocenters. The van der Waals surface area contributed by atoms with Gasteiger partial charge in [0.25, 0.3) is 17.7 Å². The van der Waals surface area contributed by atoms with E-state index in [9.17, 15) is 34.5 Å². The molecule has 0 heterocycles. The number of carboxylic acid groups (broad SMARTS) is 1. The van der Waals surface area contributed by atoms with Crippen LogP contribution in [-0.4, -0.2) is 44.0 Å². The maximum Gasteiger partial charge on any atom is 0.316 e.